The first-order chi connectivity index (χ1) is 10.1. The molecule has 2 aromatic rings. The summed E-state index contributed by atoms with van der Waals surface area (Å²) in [6.07, 6.45) is 4.11. The zero-order valence-electron chi connectivity index (χ0n) is 12.6. The Morgan fingerprint density at radius 2 is 2.10 bits per heavy atom. The van der Waals surface area contributed by atoms with Gasteiger partial charge in [-0.3, -0.25) is 4.79 Å². The Labute approximate surface area is 125 Å². The molecule has 5 heteroatoms. The van der Waals surface area contributed by atoms with E-state index in [1.54, 1.807) is 18.1 Å². The fourth-order valence-corrected chi connectivity index (χ4v) is 1.91. The van der Waals surface area contributed by atoms with Gasteiger partial charge in [0.25, 0.3) is 5.91 Å². The molecule has 110 valence electrons. The lowest BCUT2D eigenvalue weighted by molar-refractivity contribution is 0.0988. The Bertz CT molecular complexity index is 610. The SMILES string of the molecule is CCCNc1cnc(C(=O)N(C)c2cccc(C)c2)cn1. The lowest BCUT2D eigenvalue weighted by Crippen LogP contribution is -2.27. The highest BCUT2D eigenvalue weighted by Gasteiger charge is 2.15. The molecule has 0 saturated heterocycles. The number of hydrogen-bond donors (Lipinski definition) is 1. The average Bonchev–Trinajstić information content (AvgIpc) is 2.52. The second-order valence-electron chi connectivity index (χ2n) is 4.92. The normalized spacial score (nSPS) is 10.2. The van der Waals surface area contributed by atoms with Crippen molar-refractivity contribution in [3.8, 4) is 0 Å². The molecule has 21 heavy (non-hydrogen) atoms. The Balaban J connectivity index is 2.12. The molecule has 0 fully saturated rings. The van der Waals surface area contributed by atoms with Crippen molar-refractivity contribution in [3.05, 3.63) is 47.9 Å². The Hall–Kier alpha value is -2.43. The summed E-state index contributed by atoms with van der Waals surface area (Å²) >= 11 is 0. The van der Waals surface area contributed by atoms with Crippen molar-refractivity contribution in [1.82, 2.24) is 9.97 Å². The van der Waals surface area contributed by atoms with E-state index in [4.69, 9.17) is 0 Å². The van der Waals surface area contributed by atoms with Gasteiger partial charge in [0.15, 0.2) is 0 Å². The molecule has 1 aromatic carbocycles. The van der Waals surface area contributed by atoms with Crippen LogP contribution in [-0.4, -0.2) is 29.5 Å². The van der Waals surface area contributed by atoms with E-state index in [1.807, 2.05) is 31.2 Å². The second kappa shape index (κ2) is 6.83. The van der Waals surface area contributed by atoms with Crippen molar-refractivity contribution in [1.29, 1.82) is 0 Å². The van der Waals surface area contributed by atoms with Crippen LogP contribution in [-0.2, 0) is 0 Å². The topological polar surface area (TPSA) is 58.1 Å². The van der Waals surface area contributed by atoms with Crippen molar-refractivity contribution >= 4 is 17.4 Å². The number of carbonyl (C=O) groups excluding carboxylic acids is 1. The third-order valence-electron chi connectivity index (χ3n) is 3.12. The highest BCUT2D eigenvalue weighted by Crippen LogP contribution is 2.16. The fraction of sp³-hybridized carbons (Fsp3) is 0.312. The monoisotopic (exact) mass is 284 g/mol. The number of amides is 1. The van der Waals surface area contributed by atoms with Crippen LogP contribution in [0.15, 0.2) is 36.7 Å². The van der Waals surface area contributed by atoms with Gasteiger partial charge in [0.1, 0.15) is 11.5 Å². The van der Waals surface area contributed by atoms with E-state index >= 15 is 0 Å². The number of nitrogens with zero attached hydrogens (tertiary/aromatic N) is 3. The first-order valence-electron chi connectivity index (χ1n) is 7.02. The molecule has 1 heterocycles. The second-order valence-corrected chi connectivity index (χ2v) is 4.92. The van der Waals surface area contributed by atoms with Gasteiger partial charge in [-0.2, -0.15) is 0 Å². The molecule has 0 radical (unpaired) electrons. The van der Waals surface area contributed by atoms with Gasteiger partial charge >= 0.3 is 0 Å². The summed E-state index contributed by atoms with van der Waals surface area (Å²) in [5.41, 5.74) is 2.29. The van der Waals surface area contributed by atoms with Gasteiger partial charge in [0.05, 0.1) is 12.4 Å². The van der Waals surface area contributed by atoms with E-state index in [0.717, 1.165) is 24.2 Å². The maximum absolute atomic E-state index is 12.4. The summed E-state index contributed by atoms with van der Waals surface area (Å²) in [6.45, 7) is 4.91. The molecule has 0 bridgehead atoms. The smallest absolute Gasteiger partial charge is 0.278 e. The highest BCUT2D eigenvalue weighted by atomic mass is 16.2. The molecule has 1 aromatic heterocycles. The maximum Gasteiger partial charge on any atom is 0.278 e. The number of carbonyl (C=O) groups is 1. The summed E-state index contributed by atoms with van der Waals surface area (Å²) < 4.78 is 0. The number of aryl methyl sites for hydroxylation is 1. The van der Waals surface area contributed by atoms with Crippen LogP contribution in [0.1, 0.15) is 29.4 Å². The summed E-state index contributed by atoms with van der Waals surface area (Å²) in [5, 5.41) is 3.13. The summed E-state index contributed by atoms with van der Waals surface area (Å²) in [6, 6.07) is 7.78. The first kappa shape index (κ1) is 15.0. The van der Waals surface area contributed by atoms with E-state index in [-0.39, 0.29) is 5.91 Å². The van der Waals surface area contributed by atoms with Gasteiger partial charge in [0.2, 0.25) is 0 Å². The molecule has 5 nitrogen and oxygen atoms in total. The Kier molecular flexibility index (Phi) is 4.87. The quantitative estimate of drug-likeness (QED) is 0.917. The minimum Gasteiger partial charge on any atom is -0.369 e. The third kappa shape index (κ3) is 3.78. The van der Waals surface area contributed by atoms with Crippen molar-refractivity contribution < 1.29 is 4.79 Å². The largest absolute Gasteiger partial charge is 0.369 e. The van der Waals surface area contributed by atoms with Crippen LogP contribution in [0, 0.1) is 6.92 Å². The molecule has 1 N–H and O–H groups in total. The molecule has 0 atom stereocenters. The third-order valence-corrected chi connectivity index (χ3v) is 3.12. The molecular weight excluding hydrogens is 264 g/mol. The van der Waals surface area contributed by atoms with Gasteiger partial charge in [0, 0.05) is 19.3 Å². The maximum atomic E-state index is 12.4. The lowest BCUT2D eigenvalue weighted by Gasteiger charge is -2.17. The van der Waals surface area contributed by atoms with E-state index in [0.29, 0.717) is 11.5 Å². The van der Waals surface area contributed by atoms with E-state index in [1.165, 1.54) is 6.20 Å². The van der Waals surface area contributed by atoms with Crippen LogP contribution in [0.2, 0.25) is 0 Å². The Morgan fingerprint density at radius 3 is 2.71 bits per heavy atom. The number of hydrogen-bond acceptors (Lipinski definition) is 4. The standard InChI is InChI=1S/C16H20N4O/c1-4-8-17-15-11-18-14(10-19-15)16(21)20(3)13-7-5-6-12(2)9-13/h5-7,9-11H,4,8H2,1-3H3,(H,17,19). The van der Waals surface area contributed by atoms with Gasteiger partial charge < -0.3 is 10.2 Å². The van der Waals surface area contributed by atoms with Crippen molar-refractivity contribution in [2.45, 2.75) is 20.3 Å². The van der Waals surface area contributed by atoms with Gasteiger partial charge in [-0.05, 0) is 31.0 Å². The van der Waals surface area contributed by atoms with Crippen molar-refractivity contribution in [3.63, 3.8) is 0 Å². The van der Waals surface area contributed by atoms with Crippen LogP contribution in [0.25, 0.3) is 0 Å². The fourth-order valence-electron chi connectivity index (χ4n) is 1.91. The molecule has 0 aliphatic carbocycles. The van der Waals surface area contributed by atoms with Gasteiger partial charge in [-0.1, -0.05) is 19.1 Å². The highest BCUT2D eigenvalue weighted by molar-refractivity contribution is 6.04. The molecule has 0 saturated carbocycles. The molecule has 2 rings (SSSR count). The zero-order valence-corrected chi connectivity index (χ0v) is 12.6. The van der Waals surface area contributed by atoms with Crippen LogP contribution in [0.5, 0.6) is 0 Å². The minimum absolute atomic E-state index is 0.171. The molecule has 0 aliphatic heterocycles. The number of anilines is 2. The molecular formula is C16H20N4O. The van der Waals surface area contributed by atoms with Crippen molar-refractivity contribution in [2.24, 2.45) is 0 Å². The van der Waals surface area contributed by atoms with Gasteiger partial charge in [-0.25, -0.2) is 9.97 Å². The number of aromatic nitrogens is 2. The van der Waals surface area contributed by atoms with Crippen LogP contribution in [0.4, 0.5) is 11.5 Å². The molecule has 1 amide bonds. The number of nitrogens with one attached hydrogen (secondary N) is 1. The summed E-state index contributed by atoms with van der Waals surface area (Å²) in [5.74, 6) is 0.516. The predicted octanol–water partition coefficient (Wildman–Crippen LogP) is 2.88. The summed E-state index contributed by atoms with van der Waals surface area (Å²) in [7, 11) is 1.74. The Morgan fingerprint density at radius 1 is 1.29 bits per heavy atom. The summed E-state index contributed by atoms with van der Waals surface area (Å²) in [4.78, 5) is 22.4. The first-order valence-corrected chi connectivity index (χ1v) is 7.02. The minimum atomic E-state index is -0.171. The number of rotatable bonds is 5. The average molecular weight is 284 g/mol. The number of benzene rings is 1. The van der Waals surface area contributed by atoms with Crippen molar-refractivity contribution in [2.75, 3.05) is 23.8 Å². The zero-order chi connectivity index (χ0) is 15.2. The molecule has 0 unspecified atom stereocenters. The van der Waals surface area contributed by atoms with E-state index in [2.05, 4.69) is 22.2 Å². The van der Waals surface area contributed by atoms with Gasteiger partial charge in [-0.15, -0.1) is 0 Å². The predicted molar refractivity (Wildman–Crippen MR) is 84.7 cm³/mol. The van der Waals surface area contributed by atoms with Crippen LogP contribution < -0.4 is 10.2 Å². The lowest BCUT2D eigenvalue weighted by atomic mass is 10.2. The van der Waals surface area contributed by atoms with E-state index < -0.39 is 0 Å². The van der Waals surface area contributed by atoms with E-state index in [9.17, 15) is 4.79 Å². The molecule has 0 spiro atoms. The van der Waals surface area contributed by atoms with Crippen LogP contribution in [0.3, 0.4) is 0 Å². The molecule has 0 aliphatic rings. The van der Waals surface area contributed by atoms with Crippen LogP contribution >= 0.6 is 0 Å².